The number of rotatable bonds is 0. The first-order valence-electron chi connectivity index (χ1n) is 3.37. The zero-order chi connectivity index (χ0) is 8.72. The van der Waals surface area contributed by atoms with E-state index in [9.17, 15) is 5.21 Å². The quantitative estimate of drug-likeness (QED) is 0.698. The van der Waals surface area contributed by atoms with Gasteiger partial charge in [0.1, 0.15) is 12.0 Å². The van der Waals surface area contributed by atoms with Gasteiger partial charge in [0, 0.05) is 4.47 Å². The minimum absolute atomic E-state index is 0.482. The molecule has 0 radical (unpaired) electrons. The summed E-state index contributed by atoms with van der Waals surface area (Å²) in [7, 11) is 0. The zero-order valence-corrected chi connectivity index (χ0v) is 7.91. The number of pyridine rings is 1. The van der Waals surface area contributed by atoms with E-state index in [1.807, 2.05) is 6.92 Å². The summed E-state index contributed by atoms with van der Waals surface area (Å²) in [5.74, 6) is 0.482. The van der Waals surface area contributed by atoms with E-state index in [0.29, 0.717) is 11.5 Å². The van der Waals surface area contributed by atoms with E-state index in [-0.39, 0.29) is 0 Å². The first kappa shape index (κ1) is 7.54. The smallest absolute Gasteiger partial charge is 0.195 e. The topological polar surface area (TPSA) is 50.9 Å². The summed E-state index contributed by atoms with van der Waals surface area (Å²) < 4.78 is 1.78. The Morgan fingerprint density at radius 1 is 1.50 bits per heavy atom. The summed E-state index contributed by atoms with van der Waals surface area (Å²) in [5, 5.41) is 9.35. The van der Waals surface area contributed by atoms with Gasteiger partial charge in [-0.3, -0.25) is 0 Å². The Balaban J connectivity index is 2.86. The lowest BCUT2D eigenvalue weighted by atomic mass is 10.2. The Bertz CT molecular complexity index is 398. The summed E-state index contributed by atoms with van der Waals surface area (Å²) in [6.45, 7) is 1.92. The normalized spacial score (nSPS) is 10.8. The Morgan fingerprint density at radius 2 is 2.25 bits per heavy atom. The van der Waals surface area contributed by atoms with Crippen LogP contribution in [0.1, 0.15) is 5.56 Å². The molecule has 0 aromatic carbocycles. The molecule has 0 fully saturated rings. The molecule has 12 heavy (non-hydrogen) atoms. The second-order valence-electron chi connectivity index (χ2n) is 2.49. The molecule has 2 rings (SSSR count). The van der Waals surface area contributed by atoms with E-state index >= 15 is 0 Å². The molecule has 0 spiro atoms. The molecule has 2 aliphatic rings. The van der Waals surface area contributed by atoms with E-state index in [0.717, 1.165) is 14.8 Å². The molecule has 5 heteroatoms. The lowest BCUT2D eigenvalue weighted by molar-refractivity contribution is 0.186. The van der Waals surface area contributed by atoms with Crippen LogP contribution in [0.3, 0.4) is 0 Å². The standard InChI is InChI=1S/C7H6BrN3O/c1-4-5(8)2-11(12)7-6(4)9-3-10-7/h2-3,12H,1H3. The van der Waals surface area contributed by atoms with Crippen LogP contribution in [0, 0.1) is 6.92 Å². The second kappa shape index (κ2) is 2.45. The number of imidazole rings is 1. The molecular weight excluding hydrogens is 222 g/mol. The molecule has 2 heterocycles. The molecule has 0 atom stereocenters. The molecular formula is C7H6BrN3O. The Morgan fingerprint density at radius 3 is 3.00 bits per heavy atom. The van der Waals surface area contributed by atoms with Crippen LogP contribution in [0.2, 0.25) is 0 Å². The van der Waals surface area contributed by atoms with Crippen molar-refractivity contribution in [2.24, 2.45) is 0 Å². The first-order chi connectivity index (χ1) is 5.70. The van der Waals surface area contributed by atoms with E-state index in [4.69, 9.17) is 0 Å². The van der Waals surface area contributed by atoms with Gasteiger partial charge in [-0.25, -0.2) is 9.97 Å². The van der Waals surface area contributed by atoms with Crippen molar-refractivity contribution in [2.45, 2.75) is 6.92 Å². The van der Waals surface area contributed by atoms with Gasteiger partial charge in [-0.1, -0.05) is 0 Å². The maximum absolute atomic E-state index is 9.35. The predicted octanol–water partition coefficient (Wildman–Crippen LogP) is 1.69. The maximum atomic E-state index is 9.35. The van der Waals surface area contributed by atoms with Gasteiger partial charge >= 0.3 is 0 Å². The van der Waals surface area contributed by atoms with Gasteiger partial charge in [0.2, 0.25) is 0 Å². The largest absolute Gasteiger partial charge is 0.427 e. The minimum atomic E-state index is 0.482. The number of aromatic nitrogens is 3. The minimum Gasteiger partial charge on any atom is -0.427 e. The van der Waals surface area contributed by atoms with Crippen LogP contribution < -0.4 is 0 Å². The number of hydrogen-bond donors (Lipinski definition) is 1. The highest BCUT2D eigenvalue weighted by Crippen LogP contribution is 2.26. The van der Waals surface area contributed by atoms with Gasteiger partial charge in [0.05, 0.1) is 6.20 Å². The van der Waals surface area contributed by atoms with Crippen molar-refractivity contribution in [3.05, 3.63) is 22.6 Å². The Hall–Kier alpha value is -1.10. The van der Waals surface area contributed by atoms with Crippen LogP contribution in [0.4, 0.5) is 0 Å². The molecule has 0 amide bonds. The Kier molecular flexibility index (Phi) is 1.54. The van der Waals surface area contributed by atoms with Crippen molar-refractivity contribution in [2.75, 3.05) is 0 Å². The molecule has 62 valence electrons. The molecule has 0 aromatic heterocycles. The SMILES string of the molecule is Cc1c(Br)cn(O)c2ncnc1-2. The van der Waals surface area contributed by atoms with E-state index in [2.05, 4.69) is 25.9 Å². The van der Waals surface area contributed by atoms with Crippen molar-refractivity contribution in [3.8, 4) is 11.5 Å². The summed E-state index contributed by atoms with van der Waals surface area (Å²) >= 11 is 3.30. The third-order valence-electron chi connectivity index (χ3n) is 1.74. The summed E-state index contributed by atoms with van der Waals surface area (Å²) in [6.07, 6.45) is 2.98. The van der Waals surface area contributed by atoms with Gasteiger partial charge in [-0.05, 0) is 28.4 Å². The molecule has 0 saturated carbocycles. The van der Waals surface area contributed by atoms with Crippen molar-refractivity contribution < 1.29 is 5.21 Å². The summed E-state index contributed by atoms with van der Waals surface area (Å²) in [6, 6.07) is 0. The van der Waals surface area contributed by atoms with Crippen molar-refractivity contribution in [1.29, 1.82) is 0 Å². The van der Waals surface area contributed by atoms with Gasteiger partial charge in [0.15, 0.2) is 5.82 Å². The number of fused-ring (bicyclic) bond motifs is 1. The van der Waals surface area contributed by atoms with Crippen molar-refractivity contribution in [1.82, 2.24) is 14.7 Å². The molecule has 0 bridgehead atoms. The highest BCUT2D eigenvalue weighted by atomic mass is 79.9. The van der Waals surface area contributed by atoms with Crippen molar-refractivity contribution >= 4 is 15.9 Å². The second-order valence-corrected chi connectivity index (χ2v) is 3.35. The third kappa shape index (κ3) is 0.896. The van der Waals surface area contributed by atoms with Gasteiger partial charge in [-0.2, -0.15) is 4.73 Å². The lowest BCUT2D eigenvalue weighted by Gasteiger charge is -2.07. The highest BCUT2D eigenvalue weighted by molar-refractivity contribution is 9.10. The van der Waals surface area contributed by atoms with E-state index < -0.39 is 0 Å². The van der Waals surface area contributed by atoms with Crippen LogP contribution in [0.25, 0.3) is 11.5 Å². The van der Waals surface area contributed by atoms with Gasteiger partial charge in [0.25, 0.3) is 0 Å². The predicted molar refractivity (Wildman–Crippen MR) is 46.3 cm³/mol. The fraction of sp³-hybridized carbons (Fsp3) is 0.143. The van der Waals surface area contributed by atoms with E-state index in [1.165, 1.54) is 6.33 Å². The first-order valence-corrected chi connectivity index (χ1v) is 4.17. The molecule has 0 unspecified atom stereocenters. The molecule has 1 N–H and O–H groups in total. The summed E-state index contributed by atoms with van der Waals surface area (Å²) in [5.41, 5.74) is 1.69. The van der Waals surface area contributed by atoms with Gasteiger partial charge < -0.3 is 5.21 Å². The zero-order valence-electron chi connectivity index (χ0n) is 6.32. The summed E-state index contributed by atoms with van der Waals surface area (Å²) in [4.78, 5) is 7.92. The van der Waals surface area contributed by atoms with E-state index in [1.54, 1.807) is 6.20 Å². The van der Waals surface area contributed by atoms with Crippen LogP contribution in [0.5, 0.6) is 0 Å². The number of halogens is 1. The average Bonchev–Trinajstić information content (AvgIpc) is 2.48. The van der Waals surface area contributed by atoms with Crippen LogP contribution in [-0.2, 0) is 0 Å². The molecule has 0 aliphatic carbocycles. The van der Waals surface area contributed by atoms with Gasteiger partial charge in [-0.15, -0.1) is 0 Å². The monoisotopic (exact) mass is 227 g/mol. The number of nitrogens with zero attached hydrogens (tertiary/aromatic N) is 3. The maximum Gasteiger partial charge on any atom is 0.195 e. The fourth-order valence-corrected chi connectivity index (χ4v) is 1.45. The Labute approximate surface area is 77.3 Å². The lowest BCUT2D eigenvalue weighted by Crippen LogP contribution is -2.01. The molecule has 4 nitrogen and oxygen atoms in total. The molecule has 0 aromatic rings. The van der Waals surface area contributed by atoms with Crippen molar-refractivity contribution in [3.63, 3.8) is 0 Å². The highest BCUT2D eigenvalue weighted by Gasteiger charge is 2.14. The molecule has 0 saturated heterocycles. The fourth-order valence-electron chi connectivity index (χ4n) is 1.07. The number of hydrogen-bond acceptors (Lipinski definition) is 3. The average molecular weight is 228 g/mol. The molecule has 2 aliphatic heterocycles. The third-order valence-corrected chi connectivity index (χ3v) is 2.54. The van der Waals surface area contributed by atoms with Crippen LogP contribution in [0.15, 0.2) is 17.0 Å². The van der Waals surface area contributed by atoms with Crippen LogP contribution in [-0.4, -0.2) is 19.9 Å². The van der Waals surface area contributed by atoms with Crippen LogP contribution >= 0.6 is 15.9 Å².